The third-order valence-electron chi connectivity index (χ3n) is 4.37. The molecule has 3 rings (SSSR count). The molecule has 1 fully saturated rings. The molecule has 1 aliphatic rings. The molecule has 0 aliphatic carbocycles. The van der Waals surface area contributed by atoms with E-state index in [2.05, 4.69) is 15.5 Å². The van der Waals surface area contributed by atoms with Gasteiger partial charge >= 0.3 is 0 Å². The molecule has 152 valence electrons. The molecule has 10 heteroatoms. The summed E-state index contributed by atoms with van der Waals surface area (Å²) in [5.41, 5.74) is 0.755. The number of aromatic nitrogens is 2. The summed E-state index contributed by atoms with van der Waals surface area (Å²) in [6.07, 6.45) is 2.87. The van der Waals surface area contributed by atoms with Crippen LogP contribution in [0, 0.1) is 6.92 Å². The van der Waals surface area contributed by atoms with Crippen molar-refractivity contribution in [2.45, 2.75) is 43.4 Å². The van der Waals surface area contributed by atoms with Gasteiger partial charge in [-0.25, -0.2) is 8.42 Å². The largest absolute Gasteiger partial charge is 0.351 e. The quantitative estimate of drug-likeness (QED) is 0.692. The Morgan fingerprint density at radius 2 is 2.07 bits per heavy atom. The highest BCUT2D eigenvalue weighted by Gasteiger charge is 2.25. The van der Waals surface area contributed by atoms with Crippen molar-refractivity contribution in [3.8, 4) is 0 Å². The summed E-state index contributed by atoms with van der Waals surface area (Å²) in [4.78, 5) is 16.4. The number of aryl methyl sites for hydroxylation is 1. The van der Waals surface area contributed by atoms with Crippen LogP contribution < -0.4 is 5.32 Å². The molecule has 0 bridgehead atoms. The minimum Gasteiger partial charge on any atom is -0.351 e. The Morgan fingerprint density at radius 3 is 2.79 bits per heavy atom. The molecular formula is C18H24N4O4S2. The lowest BCUT2D eigenvalue weighted by Crippen LogP contribution is -2.35. The van der Waals surface area contributed by atoms with Gasteiger partial charge < -0.3 is 9.84 Å². The van der Waals surface area contributed by atoms with Crippen LogP contribution in [-0.4, -0.2) is 47.6 Å². The van der Waals surface area contributed by atoms with E-state index >= 15 is 0 Å². The third-order valence-corrected chi connectivity index (χ3v) is 7.20. The Morgan fingerprint density at radius 1 is 1.29 bits per heavy atom. The maximum atomic E-state index is 12.8. The topological polar surface area (TPSA) is 105 Å². The lowest BCUT2D eigenvalue weighted by Gasteiger charge is -2.26. The van der Waals surface area contributed by atoms with Gasteiger partial charge in [0.15, 0.2) is 5.82 Å². The molecule has 1 N–H and O–H groups in total. The third kappa shape index (κ3) is 5.55. The number of amides is 1. The molecule has 0 atom stereocenters. The van der Waals surface area contributed by atoms with Crippen molar-refractivity contribution in [1.82, 2.24) is 19.8 Å². The van der Waals surface area contributed by atoms with Crippen molar-refractivity contribution in [2.75, 3.05) is 18.8 Å². The zero-order chi connectivity index (χ0) is 20.0. The van der Waals surface area contributed by atoms with Crippen molar-refractivity contribution in [3.05, 3.63) is 41.5 Å². The number of hydrogen-bond acceptors (Lipinski definition) is 7. The van der Waals surface area contributed by atoms with Crippen LogP contribution in [0.25, 0.3) is 0 Å². The number of hydrogen-bond donors (Lipinski definition) is 1. The smallest absolute Gasteiger partial charge is 0.243 e. The molecule has 2 aromatic rings. The fourth-order valence-electron chi connectivity index (χ4n) is 2.96. The second-order valence-electron chi connectivity index (χ2n) is 6.61. The summed E-state index contributed by atoms with van der Waals surface area (Å²) in [6, 6.07) is 6.77. The van der Waals surface area contributed by atoms with Crippen LogP contribution in [0.15, 0.2) is 33.7 Å². The SMILES string of the molecule is Cc1nc(CSCC(=O)NCc2cccc(S(=O)(=O)N3CCCCC3)c2)no1. The maximum absolute atomic E-state index is 12.8. The molecule has 0 radical (unpaired) electrons. The Bertz CT molecular complexity index is 908. The van der Waals surface area contributed by atoms with Gasteiger partial charge in [0.2, 0.25) is 21.8 Å². The summed E-state index contributed by atoms with van der Waals surface area (Å²) in [7, 11) is -3.47. The fourth-order valence-corrected chi connectivity index (χ4v) is 5.23. The number of sulfonamides is 1. The van der Waals surface area contributed by atoms with Crippen LogP contribution >= 0.6 is 11.8 Å². The van der Waals surface area contributed by atoms with E-state index in [4.69, 9.17) is 4.52 Å². The number of nitrogens with one attached hydrogen (secondary N) is 1. The average Bonchev–Trinajstić information content (AvgIpc) is 3.12. The number of carbonyl (C=O) groups excluding carboxylic acids is 1. The number of thioether (sulfide) groups is 1. The van der Waals surface area contributed by atoms with Gasteiger partial charge in [0, 0.05) is 26.6 Å². The van der Waals surface area contributed by atoms with E-state index in [-0.39, 0.29) is 23.1 Å². The zero-order valence-corrected chi connectivity index (χ0v) is 17.4. The van der Waals surface area contributed by atoms with Crippen LogP contribution in [0.4, 0.5) is 0 Å². The number of nitrogens with zero attached hydrogens (tertiary/aromatic N) is 3. The van der Waals surface area contributed by atoms with Gasteiger partial charge in [-0.1, -0.05) is 23.7 Å². The highest BCUT2D eigenvalue weighted by atomic mass is 32.2. The van der Waals surface area contributed by atoms with Gasteiger partial charge in [-0.3, -0.25) is 4.79 Å². The molecule has 2 heterocycles. The normalized spacial score (nSPS) is 15.5. The monoisotopic (exact) mass is 424 g/mol. The summed E-state index contributed by atoms with van der Waals surface area (Å²) >= 11 is 1.39. The predicted octanol–water partition coefficient (Wildman–Crippen LogP) is 2.10. The van der Waals surface area contributed by atoms with Crippen LogP contribution in [-0.2, 0) is 27.1 Å². The van der Waals surface area contributed by atoms with E-state index in [0.29, 0.717) is 30.6 Å². The molecule has 0 spiro atoms. The van der Waals surface area contributed by atoms with E-state index in [1.807, 2.05) is 6.07 Å². The van der Waals surface area contributed by atoms with E-state index in [0.717, 1.165) is 24.8 Å². The molecule has 1 aliphatic heterocycles. The molecule has 28 heavy (non-hydrogen) atoms. The summed E-state index contributed by atoms with van der Waals surface area (Å²) in [5, 5.41) is 6.59. The lowest BCUT2D eigenvalue weighted by atomic mass is 10.2. The number of benzene rings is 1. The van der Waals surface area contributed by atoms with Gasteiger partial charge in [-0.15, -0.1) is 11.8 Å². The first-order valence-electron chi connectivity index (χ1n) is 9.18. The van der Waals surface area contributed by atoms with Crippen LogP contribution in [0.3, 0.4) is 0 Å². The highest BCUT2D eigenvalue weighted by Crippen LogP contribution is 2.21. The summed E-state index contributed by atoms with van der Waals surface area (Å²) in [6.45, 7) is 3.14. The van der Waals surface area contributed by atoms with Gasteiger partial charge in [0.25, 0.3) is 0 Å². The molecule has 1 aromatic carbocycles. The second kappa shape index (κ2) is 9.53. The van der Waals surface area contributed by atoms with Gasteiger partial charge in [-0.05, 0) is 30.5 Å². The van der Waals surface area contributed by atoms with E-state index < -0.39 is 10.0 Å². The van der Waals surface area contributed by atoms with Crippen molar-refractivity contribution in [3.63, 3.8) is 0 Å². The Kier molecular flexibility index (Phi) is 7.08. The number of piperidine rings is 1. The van der Waals surface area contributed by atoms with Crippen LogP contribution in [0.5, 0.6) is 0 Å². The van der Waals surface area contributed by atoms with E-state index in [1.165, 1.54) is 11.8 Å². The molecule has 1 aromatic heterocycles. The van der Waals surface area contributed by atoms with Crippen LogP contribution in [0.2, 0.25) is 0 Å². The first-order valence-corrected chi connectivity index (χ1v) is 11.8. The molecular weight excluding hydrogens is 400 g/mol. The molecule has 8 nitrogen and oxygen atoms in total. The van der Waals surface area contributed by atoms with Gasteiger partial charge in [-0.2, -0.15) is 9.29 Å². The minimum atomic E-state index is -3.47. The fraction of sp³-hybridized carbons (Fsp3) is 0.500. The Labute approximate surface area is 169 Å². The minimum absolute atomic E-state index is 0.130. The molecule has 1 saturated heterocycles. The Hall–Kier alpha value is -1.91. The van der Waals surface area contributed by atoms with Gasteiger partial charge in [0.05, 0.1) is 16.4 Å². The standard InChI is InChI=1S/C18H24N4O4S2/c1-14-20-17(21-26-14)12-27-13-18(23)19-11-15-6-5-7-16(10-15)28(24,25)22-8-3-2-4-9-22/h5-7,10H,2-4,8-9,11-13H2,1H3,(H,19,23). The maximum Gasteiger partial charge on any atom is 0.243 e. The highest BCUT2D eigenvalue weighted by molar-refractivity contribution is 7.99. The summed E-state index contributed by atoms with van der Waals surface area (Å²) < 4.78 is 32.0. The van der Waals surface area contributed by atoms with E-state index in [1.54, 1.807) is 29.4 Å². The molecule has 1 amide bonds. The van der Waals surface area contributed by atoms with Crippen molar-refractivity contribution < 1.29 is 17.7 Å². The lowest BCUT2D eigenvalue weighted by molar-refractivity contribution is -0.118. The predicted molar refractivity (Wildman–Crippen MR) is 106 cm³/mol. The van der Waals surface area contributed by atoms with Crippen LogP contribution in [0.1, 0.15) is 36.5 Å². The summed E-state index contributed by atoms with van der Waals surface area (Å²) in [5.74, 6) is 1.69. The number of carbonyl (C=O) groups is 1. The van der Waals surface area contributed by atoms with Crippen molar-refractivity contribution in [1.29, 1.82) is 0 Å². The molecule has 0 unspecified atom stereocenters. The van der Waals surface area contributed by atoms with Gasteiger partial charge in [0.1, 0.15) is 0 Å². The number of rotatable bonds is 8. The van der Waals surface area contributed by atoms with Crippen molar-refractivity contribution in [2.24, 2.45) is 0 Å². The first-order chi connectivity index (χ1) is 13.4. The van der Waals surface area contributed by atoms with E-state index in [9.17, 15) is 13.2 Å². The zero-order valence-electron chi connectivity index (χ0n) is 15.8. The molecule has 0 saturated carbocycles. The average molecular weight is 425 g/mol. The Balaban J connectivity index is 1.50. The second-order valence-corrected chi connectivity index (χ2v) is 9.53. The van der Waals surface area contributed by atoms with Crippen molar-refractivity contribution >= 4 is 27.7 Å². The first kappa shape index (κ1) is 20.8.